The molecule has 1 unspecified atom stereocenters. The first-order chi connectivity index (χ1) is 6.25. The van der Waals surface area contributed by atoms with Crippen LogP contribution in [0.1, 0.15) is 17.5 Å². The third-order valence-corrected chi connectivity index (χ3v) is 3.57. The van der Waals surface area contributed by atoms with Crippen LogP contribution in [0.5, 0.6) is 0 Å². The van der Waals surface area contributed by atoms with E-state index in [-0.39, 0.29) is 0 Å². The SMILES string of the molecule is Cc1cscc1CN1CCC(N)C1. The predicted octanol–water partition coefficient (Wildman–Crippen LogP) is 1.59. The second-order valence-electron chi connectivity index (χ2n) is 3.86. The molecule has 0 saturated carbocycles. The van der Waals surface area contributed by atoms with E-state index in [2.05, 4.69) is 22.6 Å². The number of thiophene rings is 1. The number of hydrogen-bond acceptors (Lipinski definition) is 3. The fourth-order valence-electron chi connectivity index (χ4n) is 1.80. The van der Waals surface area contributed by atoms with Gasteiger partial charge in [-0.25, -0.2) is 0 Å². The molecular weight excluding hydrogens is 180 g/mol. The summed E-state index contributed by atoms with van der Waals surface area (Å²) < 4.78 is 0. The quantitative estimate of drug-likeness (QED) is 0.778. The van der Waals surface area contributed by atoms with Crippen molar-refractivity contribution in [2.45, 2.75) is 25.9 Å². The molecule has 0 aromatic carbocycles. The Morgan fingerprint density at radius 1 is 1.62 bits per heavy atom. The molecule has 13 heavy (non-hydrogen) atoms. The van der Waals surface area contributed by atoms with E-state index in [1.807, 2.05) is 0 Å². The zero-order chi connectivity index (χ0) is 9.26. The number of likely N-dealkylation sites (tertiary alicyclic amines) is 1. The van der Waals surface area contributed by atoms with E-state index in [1.165, 1.54) is 11.1 Å². The summed E-state index contributed by atoms with van der Waals surface area (Å²) in [6, 6.07) is 0.402. The van der Waals surface area contributed by atoms with Gasteiger partial charge < -0.3 is 5.73 Å². The predicted molar refractivity (Wildman–Crippen MR) is 56.9 cm³/mol. The highest BCUT2D eigenvalue weighted by molar-refractivity contribution is 7.08. The minimum Gasteiger partial charge on any atom is -0.326 e. The number of nitrogens with zero attached hydrogens (tertiary/aromatic N) is 1. The zero-order valence-electron chi connectivity index (χ0n) is 7.99. The van der Waals surface area contributed by atoms with Crippen LogP contribution in [-0.2, 0) is 6.54 Å². The second kappa shape index (κ2) is 3.78. The van der Waals surface area contributed by atoms with Crippen LogP contribution in [0.4, 0.5) is 0 Å². The molecule has 2 heterocycles. The molecule has 1 aliphatic rings. The lowest BCUT2D eigenvalue weighted by atomic mass is 10.2. The Hall–Kier alpha value is -0.380. The Labute approximate surface area is 83.4 Å². The summed E-state index contributed by atoms with van der Waals surface area (Å²) in [5.74, 6) is 0. The average Bonchev–Trinajstić information content (AvgIpc) is 2.64. The standard InChI is InChI=1S/C10H16N2S/c1-8-6-13-7-9(8)4-12-3-2-10(11)5-12/h6-7,10H,2-5,11H2,1H3. The molecule has 2 N–H and O–H groups in total. The second-order valence-corrected chi connectivity index (χ2v) is 4.61. The fraction of sp³-hybridized carbons (Fsp3) is 0.600. The van der Waals surface area contributed by atoms with Crippen LogP contribution in [0.15, 0.2) is 10.8 Å². The Morgan fingerprint density at radius 2 is 2.46 bits per heavy atom. The van der Waals surface area contributed by atoms with Gasteiger partial charge in [0.1, 0.15) is 0 Å². The Morgan fingerprint density at radius 3 is 3.00 bits per heavy atom. The van der Waals surface area contributed by atoms with E-state index in [4.69, 9.17) is 5.73 Å². The molecule has 3 heteroatoms. The zero-order valence-corrected chi connectivity index (χ0v) is 8.81. The maximum atomic E-state index is 5.85. The van der Waals surface area contributed by atoms with Gasteiger partial charge in [0.2, 0.25) is 0 Å². The van der Waals surface area contributed by atoms with Crippen molar-refractivity contribution in [3.63, 3.8) is 0 Å². The molecule has 1 aromatic rings. The van der Waals surface area contributed by atoms with Gasteiger partial charge in [-0.15, -0.1) is 0 Å². The normalized spacial score (nSPS) is 24.0. The molecule has 0 spiro atoms. The Kier molecular flexibility index (Phi) is 2.67. The van der Waals surface area contributed by atoms with Crippen molar-refractivity contribution < 1.29 is 0 Å². The third-order valence-electron chi connectivity index (χ3n) is 2.66. The van der Waals surface area contributed by atoms with Crippen molar-refractivity contribution >= 4 is 11.3 Å². The van der Waals surface area contributed by atoms with Gasteiger partial charge >= 0.3 is 0 Å². The maximum Gasteiger partial charge on any atom is 0.0245 e. The van der Waals surface area contributed by atoms with Crippen LogP contribution in [-0.4, -0.2) is 24.0 Å². The van der Waals surface area contributed by atoms with Crippen molar-refractivity contribution in [2.24, 2.45) is 5.73 Å². The van der Waals surface area contributed by atoms with Crippen LogP contribution in [0.2, 0.25) is 0 Å². The highest BCUT2D eigenvalue weighted by atomic mass is 32.1. The molecule has 1 fully saturated rings. The van der Waals surface area contributed by atoms with Crippen LogP contribution in [0.25, 0.3) is 0 Å². The van der Waals surface area contributed by atoms with Gasteiger partial charge in [-0.1, -0.05) is 0 Å². The number of hydrogen-bond donors (Lipinski definition) is 1. The van der Waals surface area contributed by atoms with Gasteiger partial charge in [0.15, 0.2) is 0 Å². The summed E-state index contributed by atoms with van der Waals surface area (Å²) in [5, 5.41) is 4.46. The smallest absolute Gasteiger partial charge is 0.0245 e. The molecule has 0 aliphatic carbocycles. The van der Waals surface area contributed by atoms with Crippen molar-refractivity contribution in [3.8, 4) is 0 Å². The van der Waals surface area contributed by atoms with Gasteiger partial charge in [-0.3, -0.25) is 4.90 Å². The van der Waals surface area contributed by atoms with Crippen molar-refractivity contribution in [3.05, 3.63) is 21.9 Å². The summed E-state index contributed by atoms with van der Waals surface area (Å²) >= 11 is 1.79. The van der Waals surface area contributed by atoms with Crippen molar-refractivity contribution in [2.75, 3.05) is 13.1 Å². The molecule has 0 amide bonds. The van der Waals surface area contributed by atoms with Crippen LogP contribution >= 0.6 is 11.3 Å². The van der Waals surface area contributed by atoms with E-state index < -0.39 is 0 Å². The first-order valence-electron chi connectivity index (χ1n) is 4.75. The van der Waals surface area contributed by atoms with E-state index >= 15 is 0 Å². The first-order valence-corrected chi connectivity index (χ1v) is 5.69. The van der Waals surface area contributed by atoms with Gasteiger partial charge in [0, 0.05) is 25.7 Å². The molecule has 0 bridgehead atoms. The van der Waals surface area contributed by atoms with Gasteiger partial charge in [0.25, 0.3) is 0 Å². The molecule has 1 atom stereocenters. The molecule has 72 valence electrons. The largest absolute Gasteiger partial charge is 0.326 e. The fourth-order valence-corrected chi connectivity index (χ4v) is 2.64. The van der Waals surface area contributed by atoms with Gasteiger partial charge in [-0.05, 0) is 35.2 Å². The molecule has 0 radical (unpaired) electrons. The highest BCUT2D eigenvalue weighted by Gasteiger charge is 2.19. The Bertz CT molecular complexity index is 282. The molecular formula is C10H16N2S. The van der Waals surface area contributed by atoms with E-state index in [0.29, 0.717) is 6.04 Å². The summed E-state index contributed by atoms with van der Waals surface area (Å²) in [5.41, 5.74) is 8.75. The summed E-state index contributed by atoms with van der Waals surface area (Å²) in [4.78, 5) is 2.44. The summed E-state index contributed by atoms with van der Waals surface area (Å²) in [7, 11) is 0. The molecule has 2 rings (SSSR count). The highest BCUT2D eigenvalue weighted by Crippen LogP contribution is 2.18. The lowest BCUT2D eigenvalue weighted by Gasteiger charge is -2.14. The van der Waals surface area contributed by atoms with Gasteiger partial charge in [-0.2, -0.15) is 11.3 Å². The summed E-state index contributed by atoms with van der Waals surface area (Å²) in [6.45, 7) is 5.50. The molecule has 1 aliphatic heterocycles. The van der Waals surface area contributed by atoms with E-state index in [9.17, 15) is 0 Å². The molecule has 2 nitrogen and oxygen atoms in total. The number of rotatable bonds is 2. The van der Waals surface area contributed by atoms with Crippen LogP contribution in [0, 0.1) is 6.92 Å². The van der Waals surface area contributed by atoms with Crippen molar-refractivity contribution in [1.29, 1.82) is 0 Å². The topological polar surface area (TPSA) is 29.3 Å². The monoisotopic (exact) mass is 196 g/mol. The van der Waals surface area contributed by atoms with Crippen molar-refractivity contribution in [1.82, 2.24) is 4.90 Å². The molecule has 1 aromatic heterocycles. The third kappa shape index (κ3) is 2.10. The lowest BCUT2D eigenvalue weighted by molar-refractivity contribution is 0.327. The minimum absolute atomic E-state index is 0.402. The average molecular weight is 196 g/mol. The molecule has 1 saturated heterocycles. The van der Waals surface area contributed by atoms with Crippen LogP contribution < -0.4 is 5.73 Å². The first kappa shape index (κ1) is 9.19. The van der Waals surface area contributed by atoms with E-state index in [0.717, 1.165) is 26.1 Å². The number of aryl methyl sites for hydroxylation is 1. The van der Waals surface area contributed by atoms with E-state index in [1.54, 1.807) is 11.3 Å². The minimum atomic E-state index is 0.402. The Balaban J connectivity index is 1.95. The van der Waals surface area contributed by atoms with Gasteiger partial charge in [0.05, 0.1) is 0 Å². The maximum absolute atomic E-state index is 5.85. The van der Waals surface area contributed by atoms with Crippen LogP contribution in [0.3, 0.4) is 0 Å². The summed E-state index contributed by atoms with van der Waals surface area (Å²) in [6.07, 6.45) is 1.16. The number of nitrogens with two attached hydrogens (primary N) is 1. The lowest BCUT2D eigenvalue weighted by Crippen LogP contribution is -2.26.